The lowest BCUT2D eigenvalue weighted by molar-refractivity contribution is -0.384. The molecule has 4 atom stereocenters. The molecule has 2 aliphatic carbocycles. The molecular formula is C16H15N2O6-. The molecule has 126 valence electrons. The van der Waals surface area contributed by atoms with Crippen molar-refractivity contribution in [1.82, 2.24) is 0 Å². The number of ether oxygens (including phenoxy) is 1. The Bertz CT molecular complexity index is 744. The van der Waals surface area contributed by atoms with Gasteiger partial charge in [0.1, 0.15) is 5.75 Å². The minimum Gasteiger partial charge on any atom is -0.550 e. The highest BCUT2D eigenvalue weighted by molar-refractivity contribution is 5.97. The zero-order valence-corrected chi connectivity index (χ0v) is 12.8. The minimum atomic E-state index is -1.23. The topological polar surface area (TPSA) is 122 Å². The third-order valence-electron chi connectivity index (χ3n) is 4.69. The van der Waals surface area contributed by atoms with Gasteiger partial charge in [0.15, 0.2) is 0 Å². The molecule has 0 aromatic heterocycles. The molecule has 8 nitrogen and oxygen atoms in total. The Morgan fingerprint density at radius 3 is 2.50 bits per heavy atom. The van der Waals surface area contributed by atoms with Crippen LogP contribution in [-0.2, 0) is 9.59 Å². The van der Waals surface area contributed by atoms with Crippen molar-refractivity contribution in [2.75, 3.05) is 12.4 Å². The summed E-state index contributed by atoms with van der Waals surface area (Å²) in [7, 11) is 1.33. The number of amides is 1. The number of nitrogens with one attached hydrogen (secondary N) is 1. The van der Waals surface area contributed by atoms with Crippen molar-refractivity contribution in [3.8, 4) is 5.75 Å². The van der Waals surface area contributed by atoms with Gasteiger partial charge in [-0.05, 0) is 24.3 Å². The van der Waals surface area contributed by atoms with E-state index >= 15 is 0 Å². The average molecular weight is 331 g/mol. The molecule has 0 spiro atoms. The van der Waals surface area contributed by atoms with E-state index in [0.29, 0.717) is 6.42 Å². The van der Waals surface area contributed by atoms with Crippen molar-refractivity contribution in [1.29, 1.82) is 0 Å². The Morgan fingerprint density at radius 1 is 1.25 bits per heavy atom. The number of benzene rings is 1. The van der Waals surface area contributed by atoms with Crippen LogP contribution in [0.2, 0.25) is 0 Å². The van der Waals surface area contributed by atoms with Gasteiger partial charge in [0.25, 0.3) is 5.69 Å². The first-order valence-electron chi connectivity index (χ1n) is 7.45. The van der Waals surface area contributed by atoms with Gasteiger partial charge in [-0.3, -0.25) is 14.9 Å². The minimum absolute atomic E-state index is 0.137. The Kier molecular flexibility index (Phi) is 3.96. The van der Waals surface area contributed by atoms with E-state index in [1.807, 2.05) is 12.2 Å². The van der Waals surface area contributed by atoms with E-state index in [0.717, 1.165) is 0 Å². The van der Waals surface area contributed by atoms with Crippen molar-refractivity contribution < 1.29 is 24.4 Å². The zero-order chi connectivity index (χ0) is 17.4. The van der Waals surface area contributed by atoms with Gasteiger partial charge in [0.2, 0.25) is 5.91 Å². The van der Waals surface area contributed by atoms with Crippen LogP contribution in [0, 0.1) is 33.8 Å². The molecule has 0 aliphatic heterocycles. The maximum absolute atomic E-state index is 12.6. The second kappa shape index (κ2) is 5.95. The standard InChI is InChI=1S/C16H16N2O6/c1-24-12-7-10(18(22)23)4-5-11(12)17-15(19)13-8-2-3-9(6-8)14(13)16(20)21/h2-5,7-9,13-14H,6H2,1H3,(H,17,19)(H,20,21)/p-1/t8-,9-,13-,14-/m0/s1. The summed E-state index contributed by atoms with van der Waals surface area (Å²) in [5.41, 5.74) is 0.0947. The van der Waals surface area contributed by atoms with Crippen LogP contribution in [0.5, 0.6) is 5.75 Å². The van der Waals surface area contributed by atoms with Crippen LogP contribution in [0.25, 0.3) is 0 Å². The first kappa shape index (κ1) is 16.0. The molecule has 1 saturated carbocycles. The Labute approximate surface area is 137 Å². The van der Waals surface area contributed by atoms with Gasteiger partial charge in [0, 0.05) is 18.0 Å². The number of carboxylic acids is 1. The lowest BCUT2D eigenvalue weighted by atomic mass is 9.82. The number of methoxy groups -OCH3 is 1. The van der Waals surface area contributed by atoms with E-state index < -0.39 is 28.6 Å². The highest BCUT2D eigenvalue weighted by atomic mass is 16.6. The quantitative estimate of drug-likeness (QED) is 0.482. The molecule has 1 N–H and O–H groups in total. The average Bonchev–Trinajstić information content (AvgIpc) is 3.15. The van der Waals surface area contributed by atoms with E-state index in [-0.39, 0.29) is 29.0 Å². The number of nitro benzene ring substituents is 1. The maximum Gasteiger partial charge on any atom is 0.273 e. The third kappa shape index (κ3) is 2.60. The summed E-state index contributed by atoms with van der Waals surface area (Å²) in [5, 5.41) is 24.8. The van der Waals surface area contributed by atoms with Gasteiger partial charge in [-0.15, -0.1) is 0 Å². The highest BCUT2D eigenvalue weighted by Gasteiger charge is 2.48. The molecule has 24 heavy (non-hydrogen) atoms. The number of carbonyl (C=O) groups excluding carboxylic acids is 2. The number of nitrogens with zero attached hydrogens (tertiary/aromatic N) is 1. The Morgan fingerprint density at radius 2 is 1.92 bits per heavy atom. The lowest BCUT2D eigenvalue weighted by Crippen LogP contribution is -2.42. The molecule has 0 unspecified atom stereocenters. The summed E-state index contributed by atoms with van der Waals surface area (Å²) in [4.78, 5) is 34.2. The summed E-state index contributed by atoms with van der Waals surface area (Å²) in [6, 6.07) is 3.81. The van der Waals surface area contributed by atoms with Gasteiger partial charge in [-0.25, -0.2) is 0 Å². The molecule has 0 radical (unpaired) electrons. The molecule has 3 rings (SSSR count). The molecule has 8 heteroatoms. The molecule has 2 bridgehead atoms. The van der Waals surface area contributed by atoms with Crippen LogP contribution in [0.1, 0.15) is 6.42 Å². The summed E-state index contributed by atoms with van der Waals surface area (Å²) in [6.07, 6.45) is 4.30. The number of carboxylic acid groups (broad SMARTS) is 1. The number of hydrogen-bond acceptors (Lipinski definition) is 6. The SMILES string of the molecule is COc1cc([N+](=O)[O-])ccc1NC(=O)[C@@H]1[C@@H](C(=O)[O-])[C@H]2C=C[C@H]1C2. The normalized spacial score (nSPS) is 27.0. The van der Waals surface area contributed by atoms with Crippen molar-refractivity contribution in [3.05, 3.63) is 40.5 Å². The van der Waals surface area contributed by atoms with E-state index in [1.54, 1.807) is 0 Å². The predicted octanol–water partition coefficient (Wildman–Crippen LogP) is 0.730. The van der Waals surface area contributed by atoms with Crippen LogP contribution in [0.3, 0.4) is 0 Å². The van der Waals surface area contributed by atoms with Crippen LogP contribution in [-0.4, -0.2) is 23.9 Å². The number of rotatable bonds is 5. The van der Waals surface area contributed by atoms with Crippen molar-refractivity contribution >= 4 is 23.3 Å². The number of nitro groups is 1. The van der Waals surface area contributed by atoms with Crippen LogP contribution in [0.4, 0.5) is 11.4 Å². The Balaban J connectivity index is 1.83. The molecule has 0 saturated heterocycles. The molecule has 1 amide bonds. The summed E-state index contributed by atoms with van der Waals surface area (Å²) in [5.74, 6) is -3.44. The van der Waals surface area contributed by atoms with E-state index in [9.17, 15) is 24.8 Å². The van der Waals surface area contributed by atoms with Gasteiger partial charge < -0.3 is 20.0 Å². The molecule has 2 aliphatic rings. The van der Waals surface area contributed by atoms with Gasteiger partial charge >= 0.3 is 0 Å². The highest BCUT2D eigenvalue weighted by Crippen LogP contribution is 2.48. The smallest absolute Gasteiger partial charge is 0.273 e. The molecule has 1 fully saturated rings. The summed E-state index contributed by atoms with van der Waals surface area (Å²) < 4.78 is 5.07. The maximum atomic E-state index is 12.6. The van der Waals surface area contributed by atoms with E-state index in [1.165, 1.54) is 25.3 Å². The van der Waals surface area contributed by atoms with Gasteiger partial charge in [-0.1, -0.05) is 12.2 Å². The van der Waals surface area contributed by atoms with E-state index in [4.69, 9.17) is 4.74 Å². The van der Waals surface area contributed by atoms with Crippen LogP contribution >= 0.6 is 0 Å². The number of anilines is 1. The monoisotopic (exact) mass is 331 g/mol. The fourth-order valence-corrected chi connectivity index (χ4v) is 3.61. The fourth-order valence-electron chi connectivity index (χ4n) is 3.61. The predicted molar refractivity (Wildman–Crippen MR) is 81.0 cm³/mol. The summed E-state index contributed by atoms with van der Waals surface area (Å²) >= 11 is 0. The number of fused-ring (bicyclic) bond motifs is 2. The number of carbonyl (C=O) groups is 2. The number of non-ortho nitro benzene ring substituents is 1. The summed E-state index contributed by atoms with van der Waals surface area (Å²) in [6.45, 7) is 0. The number of hydrogen-bond donors (Lipinski definition) is 1. The number of aliphatic carboxylic acids is 1. The van der Waals surface area contributed by atoms with E-state index in [2.05, 4.69) is 5.32 Å². The second-order valence-corrected chi connectivity index (χ2v) is 5.95. The second-order valence-electron chi connectivity index (χ2n) is 5.95. The van der Waals surface area contributed by atoms with Crippen LogP contribution in [0.15, 0.2) is 30.4 Å². The molecule has 1 aromatic carbocycles. The van der Waals surface area contributed by atoms with Gasteiger partial charge in [-0.2, -0.15) is 0 Å². The van der Waals surface area contributed by atoms with Crippen molar-refractivity contribution in [2.45, 2.75) is 6.42 Å². The lowest BCUT2D eigenvalue weighted by Gasteiger charge is -2.28. The number of allylic oxidation sites excluding steroid dienone is 2. The van der Waals surface area contributed by atoms with Crippen LogP contribution < -0.4 is 15.2 Å². The van der Waals surface area contributed by atoms with Gasteiger partial charge in [0.05, 0.1) is 29.7 Å². The first-order valence-corrected chi connectivity index (χ1v) is 7.45. The molecular weight excluding hydrogens is 316 g/mol. The largest absolute Gasteiger partial charge is 0.550 e. The van der Waals surface area contributed by atoms with Crippen molar-refractivity contribution in [3.63, 3.8) is 0 Å². The van der Waals surface area contributed by atoms with Crippen molar-refractivity contribution in [2.24, 2.45) is 23.7 Å². The molecule has 1 aromatic rings. The Hall–Kier alpha value is -2.90. The molecule has 0 heterocycles. The fraction of sp³-hybridized carbons (Fsp3) is 0.375. The first-order chi connectivity index (χ1) is 11.4. The third-order valence-corrected chi connectivity index (χ3v) is 4.69. The zero-order valence-electron chi connectivity index (χ0n) is 12.8.